The van der Waals surface area contributed by atoms with Crippen molar-refractivity contribution in [2.24, 2.45) is 17.3 Å². The minimum Gasteiger partial charge on any atom is -0.481 e. The van der Waals surface area contributed by atoms with Gasteiger partial charge in [0.05, 0.1) is 11.8 Å². The van der Waals surface area contributed by atoms with Crippen molar-refractivity contribution in [2.45, 2.75) is 26.4 Å². The number of hydrogen-bond donors (Lipinski definition) is 2. The van der Waals surface area contributed by atoms with E-state index < -0.39 is 43.1 Å². The number of aliphatic carboxylic acids is 1. The topological polar surface area (TPSA) is 69.6 Å². The molecule has 0 aromatic heterocycles. The van der Waals surface area contributed by atoms with Crippen molar-refractivity contribution >= 4 is 12.0 Å². The van der Waals surface area contributed by atoms with Crippen LogP contribution in [0.2, 0.25) is 0 Å². The van der Waals surface area contributed by atoms with Crippen LogP contribution >= 0.6 is 0 Å². The van der Waals surface area contributed by atoms with E-state index in [1.165, 1.54) is 0 Å². The van der Waals surface area contributed by atoms with Crippen molar-refractivity contribution in [1.82, 2.24) is 10.2 Å². The number of carbonyl (C=O) groups is 2. The van der Waals surface area contributed by atoms with Gasteiger partial charge in [-0.1, -0.05) is 19.9 Å². The summed E-state index contributed by atoms with van der Waals surface area (Å²) in [5.74, 6) is -5.19. The van der Waals surface area contributed by atoms with E-state index in [-0.39, 0.29) is 12.0 Å². The van der Waals surface area contributed by atoms with Crippen molar-refractivity contribution < 1.29 is 27.9 Å². The van der Waals surface area contributed by atoms with Crippen LogP contribution in [-0.4, -0.2) is 47.8 Å². The van der Waals surface area contributed by atoms with Crippen LogP contribution in [0.4, 0.5) is 18.0 Å². The Morgan fingerprint density at radius 1 is 1.36 bits per heavy atom. The fourth-order valence-electron chi connectivity index (χ4n) is 2.44. The molecule has 126 valence electrons. The molecule has 1 aliphatic heterocycles. The maximum Gasteiger partial charge on any atom is 0.394 e. The van der Waals surface area contributed by atoms with Gasteiger partial charge in [0.2, 0.25) is 0 Å². The lowest BCUT2D eigenvalue weighted by atomic mass is 9.89. The van der Waals surface area contributed by atoms with Crippen LogP contribution in [-0.2, 0) is 4.79 Å². The standard InChI is InChI=1S/C14H21F3N2O3/c1-4-5-13(2,3)8-18-12(22)19-6-9(11(20)21)10(7-19)14(15,16)17/h4,9-10H,1,5-8H2,2-3H3,(H,18,22)(H,20,21)/t9-,10-/m1/s1. The van der Waals surface area contributed by atoms with E-state index in [0.29, 0.717) is 6.42 Å². The van der Waals surface area contributed by atoms with Gasteiger partial charge in [0.25, 0.3) is 0 Å². The summed E-state index contributed by atoms with van der Waals surface area (Å²) >= 11 is 0. The number of halogens is 3. The third kappa shape index (κ3) is 4.64. The van der Waals surface area contributed by atoms with Gasteiger partial charge < -0.3 is 15.3 Å². The van der Waals surface area contributed by atoms with Crippen LogP contribution in [0, 0.1) is 17.3 Å². The van der Waals surface area contributed by atoms with Gasteiger partial charge >= 0.3 is 18.2 Å². The van der Waals surface area contributed by atoms with Crippen molar-refractivity contribution in [2.75, 3.05) is 19.6 Å². The molecular weight excluding hydrogens is 301 g/mol. The Labute approximate surface area is 127 Å². The molecule has 2 atom stereocenters. The number of carbonyl (C=O) groups excluding carboxylic acids is 1. The molecule has 8 heteroatoms. The van der Waals surface area contributed by atoms with Gasteiger partial charge in [0.15, 0.2) is 0 Å². The molecule has 1 saturated heterocycles. The highest BCUT2D eigenvalue weighted by Gasteiger charge is 2.53. The van der Waals surface area contributed by atoms with Crippen molar-refractivity contribution in [1.29, 1.82) is 0 Å². The Balaban J connectivity index is 2.68. The molecule has 22 heavy (non-hydrogen) atoms. The Bertz CT molecular complexity index is 449. The molecule has 1 rings (SSSR count). The molecule has 5 nitrogen and oxygen atoms in total. The largest absolute Gasteiger partial charge is 0.481 e. The predicted octanol–water partition coefficient (Wildman–Crippen LogP) is 2.49. The van der Waals surface area contributed by atoms with Gasteiger partial charge in [0.1, 0.15) is 0 Å². The van der Waals surface area contributed by atoms with E-state index in [1.807, 2.05) is 13.8 Å². The molecule has 1 heterocycles. The first kappa shape index (κ1) is 18.3. The first-order valence-corrected chi connectivity index (χ1v) is 6.91. The van der Waals surface area contributed by atoms with Crippen LogP contribution in [0.3, 0.4) is 0 Å². The molecule has 0 radical (unpaired) electrons. The lowest BCUT2D eigenvalue weighted by Gasteiger charge is -2.25. The summed E-state index contributed by atoms with van der Waals surface area (Å²) < 4.78 is 38.6. The van der Waals surface area contributed by atoms with Gasteiger partial charge in [-0.2, -0.15) is 13.2 Å². The second-order valence-corrected chi connectivity index (χ2v) is 6.31. The minimum atomic E-state index is -4.64. The van der Waals surface area contributed by atoms with Gasteiger partial charge in [-0.3, -0.25) is 4.79 Å². The van der Waals surface area contributed by atoms with Crippen LogP contribution < -0.4 is 5.32 Å². The van der Waals surface area contributed by atoms with E-state index in [1.54, 1.807) is 6.08 Å². The van der Waals surface area contributed by atoms with Gasteiger partial charge in [0, 0.05) is 19.6 Å². The Hall–Kier alpha value is -1.73. The van der Waals surface area contributed by atoms with Gasteiger partial charge in [-0.05, 0) is 11.8 Å². The molecule has 2 N–H and O–H groups in total. The van der Waals surface area contributed by atoms with Crippen LogP contribution in [0.1, 0.15) is 20.3 Å². The number of carboxylic acid groups (broad SMARTS) is 1. The molecule has 0 aromatic rings. The van der Waals surface area contributed by atoms with Gasteiger partial charge in [-0.25, -0.2) is 4.79 Å². The number of nitrogens with zero attached hydrogens (tertiary/aromatic N) is 1. The smallest absolute Gasteiger partial charge is 0.394 e. The monoisotopic (exact) mass is 322 g/mol. The number of alkyl halides is 3. The van der Waals surface area contributed by atoms with E-state index in [9.17, 15) is 22.8 Å². The number of amides is 2. The molecule has 0 unspecified atom stereocenters. The summed E-state index contributed by atoms with van der Waals surface area (Å²) in [6, 6.07) is -0.671. The molecule has 0 aromatic carbocycles. The molecule has 1 aliphatic rings. The zero-order valence-corrected chi connectivity index (χ0v) is 12.6. The highest BCUT2D eigenvalue weighted by molar-refractivity contribution is 5.77. The summed E-state index contributed by atoms with van der Waals surface area (Å²) in [6.45, 7) is 6.57. The second-order valence-electron chi connectivity index (χ2n) is 6.31. The highest BCUT2D eigenvalue weighted by Crippen LogP contribution is 2.37. The number of allylic oxidation sites excluding steroid dienone is 1. The van der Waals surface area contributed by atoms with E-state index in [4.69, 9.17) is 5.11 Å². The molecule has 0 saturated carbocycles. The molecule has 0 aliphatic carbocycles. The van der Waals surface area contributed by atoms with Crippen LogP contribution in [0.15, 0.2) is 12.7 Å². The maximum atomic E-state index is 12.9. The van der Waals surface area contributed by atoms with Crippen molar-refractivity contribution in [3.05, 3.63) is 12.7 Å². The predicted molar refractivity (Wildman–Crippen MR) is 74.2 cm³/mol. The zero-order valence-electron chi connectivity index (χ0n) is 12.6. The van der Waals surface area contributed by atoms with E-state index in [0.717, 1.165) is 4.90 Å². The Morgan fingerprint density at radius 3 is 2.36 bits per heavy atom. The molecule has 1 fully saturated rings. The van der Waals surface area contributed by atoms with Gasteiger partial charge in [-0.15, -0.1) is 6.58 Å². The fourth-order valence-corrected chi connectivity index (χ4v) is 2.44. The van der Waals surface area contributed by atoms with Crippen molar-refractivity contribution in [3.8, 4) is 0 Å². The maximum absolute atomic E-state index is 12.9. The quantitative estimate of drug-likeness (QED) is 0.764. The summed E-state index contributed by atoms with van der Waals surface area (Å²) in [6.07, 6.45) is -2.31. The lowest BCUT2D eigenvalue weighted by molar-refractivity contribution is -0.187. The summed E-state index contributed by atoms with van der Waals surface area (Å²) in [7, 11) is 0. The number of hydrogen-bond acceptors (Lipinski definition) is 2. The first-order chi connectivity index (χ1) is 9.98. The fraction of sp³-hybridized carbons (Fsp3) is 0.714. The van der Waals surface area contributed by atoms with E-state index in [2.05, 4.69) is 11.9 Å². The summed E-state index contributed by atoms with van der Waals surface area (Å²) in [4.78, 5) is 23.8. The van der Waals surface area contributed by atoms with Crippen molar-refractivity contribution in [3.63, 3.8) is 0 Å². The van der Waals surface area contributed by atoms with Crippen LogP contribution in [0.25, 0.3) is 0 Å². The third-order valence-electron chi connectivity index (χ3n) is 3.76. The Kier molecular flexibility index (Phi) is 5.48. The Morgan fingerprint density at radius 2 is 1.95 bits per heavy atom. The van der Waals surface area contributed by atoms with E-state index >= 15 is 0 Å². The average Bonchev–Trinajstić information content (AvgIpc) is 2.81. The van der Waals surface area contributed by atoms with Crippen LogP contribution in [0.5, 0.6) is 0 Å². The zero-order chi connectivity index (χ0) is 17.1. The second kappa shape index (κ2) is 6.58. The number of likely N-dealkylation sites (tertiary alicyclic amines) is 1. The third-order valence-corrected chi connectivity index (χ3v) is 3.76. The lowest BCUT2D eigenvalue weighted by Crippen LogP contribution is -2.43. The number of carboxylic acids is 1. The minimum absolute atomic E-state index is 0.267. The average molecular weight is 322 g/mol. The number of urea groups is 1. The molecule has 0 spiro atoms. The number of rotatable bonds is 5. The SMILES string of the molecule is C=CCC(C)(C)CNC(=O)N1C[C@@H](C(F)(F)F)[C@H](C(=O)O)C1. The normalized spacial score (nSPS) is 22.5. The summed E-state index contributed by atoms with van der Waals surface area (Å²) in [5, 5.41) is 11.5. The first-order valence-electron chi connectivity index (χ1n) is 6.91. The molecule has 2 amide bonds. The number of nitrogens with one attached hydrogen (secondary N) is 1. The molecular formula is C14H21F3N2O3. The highest BCUT2D eigenvalue weighted by atomic mass is 19.4. The molecule has 0 bridgehead atoms. The summed E-state index contributed by atoms with van der Waals surface area (Å²) in [5.41, 5.74) is -0.271.